The Labute approximate surface area is 116 Å². The average molecular weight is 332 g/mol. The van der Waals surface area contributed by atoms with Crippen molar-refractivity contribution in [2.75, 3.05) is 6.54 Å². The van der Waals surface area contributed by atoms with Crippen molar-refractivity contribution >= 4 is 44.3 Å². The highest BCUT2D eigenvalue weighted by molar-refractivity contribution is 9.10. The summed E-state index contributed by atoms with van der Waals surface area (Å²) in [5.41, 5.74) is 2.11. The second-order valence-corrected chi connectivity index (χ2v) is 5.52. The number of fused-ring (bicyclic) bond motifs is 3. The van der Waals surface area contributed by atoms with Gasteiger partial charge >= 0.3 is 0 Å². The van der Waals surface area contributed by atoms with Crippen LogP contribution in [0.25, 0.3) is 10.9 Å². The van der Waals surface area contributed by atoms with Crippen LogP contribution in [0.5, 0.6) is 0 Å². The highest BCUT2D eigenvalue weighted by Crippen LogP contribution is 2.36. The Morgan fingerprint density at radius 1 is 1.44 bits per heavy atom. The lowest BCUT2D eigenvalue weighted by atomic mass is 10.1. The lowest BCUT2D eigenvalue weighted by Gasteiger charge is -2.02. The van der Waals surface area contributed by atoms with Gasteiger partial charge in [-0.15, -0.1) is 0 Å². The number of nitrogens with one attached hydrogen (secondary N) is 2. The minimum atomic E-state index is -0.469. The minimum Gasteiger partial charge on any atom is -0.356 e. The molecule has 3 rings (SSSR count). The fourth-order valence-corrected chi connectivity index (χ4v) is 3.35. The molecule has 1 amide bonds. The molecule has 0 bridgehead atoms. The average Bonchev–Trinajstić information content (AvgIpc) is 2.56. The number of amides is 1. The van der Waals surface area contributed by atoms with E-state index in [0.29, 0.717) is 28.3 Å². The first-order chi connectivity index (χ1) is 8.58. The molecule has 2 heterocycles. The van der Waals surface area contributed by atoms with Crippen molar-refractivity contribution in [3.63, 3.8) is 0 Å². The van der Waals surface area contributed by atoms with Crippen molar-refractivity contribution in [2.45, 2.75) is 12.8 Å². The SMILES string of the molecule is O=C1Cc2c([nH]c3c(F)c(Cl)cc(Br)c23)CCN1. The van der Waals surface area contributed by atoms with Crippen LogP contribution in [0, 0.1) is 5.82 Å². The topological polar surface area (TPSA) is 44.9 Å². The molecule has 0 unspecified atom stereocenters. The van der Waals surface area contributed by atoms with E-state index in [9.17, 15) is 9.18 Å². The molecule has 1 aliphatic rings. The van der Waals surface area contributed by atoms with Crippen molar-refractivity contribution in [1.29, 1.82) is 0 Å². The minimum absolute atomic E-state index is 0.0445. The molecule has 1 aromatic heterocycles. The molecule has 3 nitrogen and oxygen atoms in total. The molecule has 0 fully saturated rings. The summed E-state index contributed by atoms with van der Waals surface area (Å²) in [5.74, 6) is -0.514. The summed E-state index contributed by atoms with van der Waals surface area (Å²) < 4.78 is 14.7. The Balaban J connectivity index is 2.35. The summed E-state index contributed by atoms with van der Waals surface area (Å²) in [6.45, 7) is 0.561. The number of hydrogen-bond acceptors (Lipinski definition) is 1. The van der Waals surface area contributed by atoms with E-state index in [1.54, 1.807) is 0 Å². The van der Waals surface area contributed by atoms with Crippen molar-refractivity contribution < 1.29 is 9.18 Å². The molecule has 18 heavy (non-hydrogen) atoms. The lowest BCUT2D eigenvalue weighted by molar-refractivity contribution is -0.120. The van der Waals surface area contributed by atoms with Gasteiger partial charge < -0.3 is 10.3 Å². The third-order valence-electron chi connectivity index (χ3n) is 3.15. The van der Waals surface area contributed by atoms with Crippen LogP contribution in [-0.4, -0.2) is 17.4 Å². The quantitative estimate of drug-likeness (QED) is 0.716. The van der Waals surface area contributed by atoms with E-state index in [-0.39, 0.29) is 17.4 Å². The molecule has 2 N–H and O–H groups in total. The van der Waals surface area contributed by atoms with Gasteiger partial charge in [0.05, 0.1) is 17.0 Å². The third-order valence-corrected chi connectivity index (χ3v) is 4.05. The number of H-pyrrole nitrogens is 1. The van der Waals surface area contributed by atoms with Gasteiger partial charge in [-0.2, -0.15) is 0 Å². The molecule has 0 saturated carbocycles. The van der Waals surface area contributed by atoms with Gasteiger partial charge in [-0.05, 0) is 11.6 Å². The van der Waals surface area contributed by atoms with Gasteiger partial charge in [0, 0.05) is 28.5 Å². The monoisotopic (exact) mass is 330 g/mol. The van der Waals surface area contributed by atoms with E-state index >= 15 is 0 Å². The van der Waals surface area contributed by atoms with E-state index in [0.717, 1.165) is 11.3 Å². The summed E-state index contributed by atoms with van der Waals surface area (Å²) in [5, 5.41) is 3.57. The summed E-state index contributed by atoms with van der Waals surface area (Å²) in [6.07, 6.45) is 0.925. The molecular weight excluding hydrogens is 323 g/mol. The van der Waals surface area contributed by atoms with Crippen LogP contribution >= 0.6 is 27.5 Å². The van der Waals surface area contributed by atoms with Crippen molar-refractivity contribution in [3.8, 4) is 0 Å². The molecule has 0 aliphatic carbocycles. The Morgan fingerprint density at radius 3 is 3.00 bits per heavy atom. The third kappa shape index (κ3) is 1.73. The number of aromatic nitrogens is 1. The number of carbonyl (C=O) groups is 1. The van der Waals surface area contributed by atoms with E-state index < -0.39 is 5.82 Å². The maximum atomic E-state index is 14.0. The highest BCUT2D eigenvalue weighted by atomic mass is 79.9. The number of carbonyl (C=O) groups excluding carboxylic acids is 1. The molecule has 0 spiro atoms. The lowest BCUT2D eigenvalue weighted by Crippen LogP contribution is -2.24. The predicted octanol–water partition coefficient (Wildman–Crippen LogP) is 2.94. The molecular formula is C12H9BrClFN2O. The summed E-state index contributed by atoms with van der Waals surface area (Å²) in [7, 11) is 0. The summed E-state index contributed by atoms with van der Waals surface area (Å²) >= 11 is 9.20. The highest BCUT2D eigenvalue weighted by Gasteiger charge is 2.22. The first-order valence-electron chi connectivity index (χ1n) is 5.51. The normalized spacial score (nSPS) is 15.4. The van der Waals surface area contributed by atoms with Gasteiger partial charge in [-0.3, -0.25) is 4.79 Å². The van der Waals surface area contributed by atoms with Crippen LogP contribution in [0.3, 0.4) is 0 Å². The number of aromatic amines is 1. The van der Waals surface area contributed by atoms with Gasteiger partial charge in [0.25, 0.3) is 0 Å². The van der Waals surface area contributed by atoms with Crippen molar-refractivity contribution in [1.82, 2.24) is 10.3 Å². The molecule has 0 radical (unpaired) electrons. The Bertz CT molecular complexity index is 668. The molecule has 94 valence electrons. The fourth-order valence-electron chi connectivity index (χ4n) is 2.34. The predicted molar refractivity (Wildman–Crippen MR) is 71.4 cm³/mol. The zero-order chi connectivity index (χ0) is 12.9. The summed E-state index contributed by atoms with van der Waals surface area (Å²) in [4.78, 5) is 14.6. The van der Waals surface area contributed by atoms with Crippen molar-refractivity contribution in [2.24, 2.45) is 0 Å². The van der Waals surface area contributed by atoms with Crippen LogP contribution in [0.1, 0.15) is 11.3 Å². The summed E-state index contributed by atoms with van der Waals surface area (Å²) in [6, 6.07) is 1.52. The molecule has 1 aliphatic heterocycles. The second kappa shape index (κ2) is 4.24. The van der Waals surface area contributed by atoms with E-state index in [1.807, 2.05) is 0 Å². The first kappa shape index (κ1) is 12.0. The zero-order valence-corrected chi connectivity index (χ0v) is 11.6. The van der Waals surface area contributed by atoms with E-state index in [1.165, 1.54) is 6.07 Å². The van der Waals surface area contributed by atoms with E-state index in [2.05, 4.69) is 26.2 Å². The molecule has 0 saturated heterocycles. The van der Waals surface area contributed by atoms with Crippen LogP contribution in [0.2, 0.25) is 5.02 Å². The molecule has 6 heteroatoms. The fraction of sp³-hybridized carbons (Fsp3) is 0.250. The smallest absolute Gasteiger partial charge is 0.224 e. The molecule has 0 atom stereocenters. The second-order valence-electron chi connectivity index (χ2n) is 4.26. The molecule has 1 aromatic carbocycles. The van der Waals surface area contributed by atoms with Gasteiger partial charge in [0.15, 0.2) is 5.82 Å². The number of benzene rings is 1. The first-order valence-corrected chi connectivity index (χ1v) is 6.68. The Kier molecular flexibility index (Phi) is 2.83. The van der Waals surface area contributed by atoms with Gasteiger partial charge in [-0.25, -0.2) is 4.39 Å². The van der Waals surface area contributed by atoms with Crippen molar-refractivity contribution in [3.05, 3.63) is 32.6 Å². The van der Waals surface area contributed by atoms with Crippen LogP contribution < -0.4 is 5.32 Å². The number of hydrogen-bond donors (Lipinski definition) is 2. The Morgan fingerprint density at radius 2 is 2.22 bits per heavy atom. The standard InChI is InChI=1S/C12H9BrClFN2O/c13-6-4-7(14)11(15)12-10(6)5-3-9(18)16-2-1-8(5)17-12/h4,17H,1-3H2,(H,16,18). The van der Waals surface area contributed by atoms with Gasteiger partial charge in [0.2, 0.25) is 5.91 Å². The van der Waals surface area contributed by atoms with E-state index in [4.69, 9.17) is 11.6 Å². The van der Waals surface area contributed by atoms with Crippen LogP contribution in [0.15, 0.2) is 10.5 Å². The maximum Gasteiger partial charge on any atom is 0.224 e. The Hall–Kier alpha value is -1.07. The zero-order valence-electron chi connectivity index (χ0n) is 9.24. The van der Waals surface area contributed by atoms with Crippen LogP contribution in [0.4, 0.5) is 4.39 Å². The number of halogens is 3. The number of rotatable bonds is 0. The molecule has 2 aromatic rings. The van der Waals surface area contributed by atoms with Gasteiger partial charge in [0.1, 0.15) is 0 Å². The largest absolute Gasteiger partial charge is 0.356 e. The van der Waals surface area contributed by atoms with Crippen LogP contribution in [-0.2, 0) is 17.6 Å². The maximum absolute atomic E-state index is 14.0. The van der Waals surface area contributed by atoms with Gasteiger partial charge in [-0.1, -0.05) is 27.5 Å².